The summed E-state index contributed by atoms with van der Waals surface area (Å²) < 4.78 is 18.7. The third-order valence-electron chi connectivity index (χ3n) is 3.82. The first kappa shape index (κ1) is 18.5. The highest BCUT2D eigenvalue weighted by Crippen LogP contribution is 2.29. The van der Waals surface area contributed by atoms with Crippen molar-refractivity contribution in [3.8, 4) is 17.1 Å². The number of amides is 1. The standard InChI is InChI=1S/C19H13ClFNO5/c1-9-6-11(8-12(17(9)23)19(25)26)22-18(24)16-5-4-15(27-16)10-2-3-14(21)13(20)7-10/h2-8,23H,1H3,(H,22,24)(H,25,26). The van der Waals surface area contributed by atoms with Crippen molar-refractivity contribution < 1.29 is 28.6 Å². The van der Waals surface area contributed by atoms with E-state index in [2.05, 4.69) is 5.32 Å². The summed E-state index contributed by atoms with van der Waals surface area (Å²) in [6, 6.07) is 9.56. The summed E-state index contributed by atoms with van der Waals surface area (Å²) in [5.74, 6) is -2.59. The molecular formula is C19H13ClFNO5. The van der Waals surface area contributed by atoms with Crippen molar-refractivity contribution in [2.24, 2.45) is 0 Å². The molecule has 3 N–H and O–H groups in total. The molecule has 0 aliphatic rings. The Kier molecular flexibility index (Phi) is 4.87. The Morgan fingerprint density at radius 3 is 2.56 bits per heavy atom. The zero-order valence-electron chi connectivity index (χ0n) is 13.9. The Morgan fingerprint density at radius 2 is 1.89 bits per heavy atom. The number of aromatic carboxylic acids is 1. The van der Waals surface area contributed by atoms with Crippen LogP contribution in [-0.4, -0.2) is 22.1 Å². The van der Waals surface area contributed by atoms with E-state index in [1.807, 2.05) is 0 Å². The van der Waals surface area contributed by atoms with E-state index in [4.69, 9.17) is 21.1 Å². The van der Waals surface area contributed by atoms with Crippen LogP contribution in [0.1, 0.15) is 26.5 Å². The van der Waals surface area contributed by atoms with Gasteiger partial charge < -0.3 is 19.9 Å². The van der Waals surface area contributed by atoms with Crippen molar-refractivity contribution in [3.63, 3.8) is 0 Å². The Bertz CT molecular complexity index is 1060. The predicted octanol–water partition coefficient (Wildman–Crippen LogP) is 4.70. The van der Waals surface area contributed by atoms with Crippen LogP contribution in [0.25, 0.3) is 11.3 Å². The highest BCUT2D eigenvalue weighted by Gasteiger charge is 2.17. The van der Waals surface area contributed by atoms with E-state index in [-0.39, 0.29) is 27.8 Å². The number of carbonyl (C=O) groups excluding carboxylic acids is 1. The zero-order valence-corrected chi connectivity index (χ0v) is 14.7. The molecule has 1 heterocycles. The normalized spacial score (nSPS) is 10.6. The third-order valence-corrected chi connectivity index (χ3v) is 4.11. The SMILES string of the molecule is Cc1cc(NC(=O)c2ccc(-c3ccc(F)c(Cl)c3)o2)cc(C(=O)O)c1O. The summed E-state index contributed by atoms with van der Waals surface area (Å²) in [5.41, 5.74) is 0.655. The van der Waals surface area contributed by atoms with Crippen molar-refractivity contribution in [3.05, 3.63) is 70.2 Å². The molecule has 0 radical (unpaired) electrons. The lowest BCUT2D eigenvalue weighted by atomic mass is 10.1. The van der Waals surface area contributed by atoms with E-state index >= 15 is 0 Å². The molecule has 2 aromatic carbocycles. The number of phenols is 1. The Labute approximate surface area is 157 Å². The average molecular weight is 390 g/mol. The molecule has 0 saturated carbocycles. The maximum atomic E-state index is 13.3. The van der Waals surface area contributed by atoms with E-state index in [0.717, 1.165) is 6.07 Å². The molecular weight excluding hydrogens is 377 g/mol. The number of carboxylic acid groups (broad SMARTS) is 1. The molecule has 0 aliphatic carbocycles. The summed E-state index contributed by atoms with van der Waals surface area (Å²) >= 11 is 5.74. The number of carboxylic acids is 1. The molecule has 6 nitrogen and oxygen atoms in total. The molecule has 0 bridgehead atoms. The minimum Gasteiger partial charge on any atom is -0.507 e. The molecule has 0 aliphatic heterocycles. The molecule has 8 heteroatoms. The first-order chi connectivity index (χ1) is 12.8. The van der Waals surface area contributed by atoms with Crippen LogP contribution in [0.2, 0.25) is 5.02 Å². The summed E-state index contributed by atoms with van der Waals surface area (Å²) in [6.07, 6.45) is 0. The lowest BCUT2D eigenvalue weighted by molar-refractivity contribution is 0.0693. The van der Waals surface area contributed by atoms with Crippen LogP contribution in [-0.2, 0) is 0 Å². The number of halogens is 2. The van der Waals surface area contributed by atoms with Gasteiger partial charge in [-0.1, -0.05) is 11.6 Å². The van der Waals surface area contributed by atoms with Gasteiger partial charge in [-0.25, -0.2) is 9.18 Å². The monoisotopic (exact) mass is 389 g/mol. The fourth-order valence-corrected chi connectivity index (χ4v) is 2.65. The Hall–Kier alpha value is -3.32. The molecule has 0 unspecified atom stereocenters. The van der Waals surface area contributed by atoms with Gasteiger partial charge in [0.2, 0.25) is 0 Å². The van der Waals surface area contributed by atoms with Crippen molar-refractivity contribution in [1.82, 2.24) is 0 Å². The first-order valence-corrected chi connectivity index (χ1v) is 8.07. The highest BCUT2D eigenvalue weighted by atomic mass is 35.5. The van der Waals surface area contributed by atoms with Crippen LogP contribution in [0.15, 0.2) is 46.9 Å². The number of hydrogen-bond donors (Lipinski definition) is 3. The molecule has 0 atom stereocenters. The van der Waals surface area contributed by atoms with Crippen LogP contribution in [0.4, 0.5) is 10.1 Å². The third kappa shape index (κ3) is 3.78. The number of furan rings is 1. The fourth-order valence-electron chi connectivity index (χ4n) is 2.47. The van der Waals surface area contributed by atoms with Crippen LogP contribution in [0.3, 0.4) is 0 Å². The van der Waals surface area contributed by atoms with Crippen molar-refractivity contribution in [2.75, 3.05) is 5.32 Å². The molecule has 0 fully saturated rings. The lowest BCUT2D eigenvalue weighted by Crippen LogP contribution is -2.12. The summed E-state index contributed by atoms with van der Waals surface area (Å²) in [5, 5.41) is 21.3. The van der Waals surface area contributed by atoms with Crippen molar-refractivity contribution in [1.29, 1.82) is 0 Å². The molecule has 0 spiro atoms. The van der Waals surface area contributed by atoms with Gasteiger partial charge in [0.25, 0.3) is 5.91 Å². The minimum atomic E-state index is -1.32. The number of rotatable bonds is 4. The van der Waals surface area contributed by atoms with E-state index in [1.54, 1.807) is 0 Å². The molecule has 1 aromatic heterocycles. The number of nitrogens with one attached hydrogen (secondary N) is 1. The maximum absolute atomic E-state index is 13.3. The number of aryl methyl sites for hydroxylation is 1. The average Bonchev–Trinajstić information content (AvgIpc) is 3.10. The first-order valence-electron chi connectivity index (χ1n) is 7.70. The van der Waals surface area contributed by atoms with Gasteiger partial charge in [-0.05, 0) is 55.0 Å². The summed E-state index contributed by atoms with van der Waals surface area (Å²) in [4.78, 5) is 23.5. The van der Waals surface area contributed by atoms with E-state index in [0.29, 0.717) is 16.9 Å². The van der Waals surface area contributed by atoms with Gasteiger partial charge in [0.05, 0.1) is 5.02 Å². The second-order valence-corrected chi connectivity index (χ2v) is 6.15. The van der Waals surface area contributed by atoms with E-state index in [9.17, 15) is 19.1 Å². The van der Waals surface area contributed by atoms with E-state index in [1.165, 1.54) is 43.3 Å². The van der Waals surface area contributed by atoms with Crippen LogP contribution in [0, 0.1) is 12.7 Å². The topological polar surface area (TPSA) is 99.8 Å². The molecule has 0 saturated heterocycles. The molecule has 27 heavy (non-hydrogen) atoms. The number of aromatic hydroxyl groups is 1. The lowest BCUT2D eigenvalue weighted by Gasteiger charge is -2.09. The number of benzene rings is 2. The van der Waals surface area contributed by atoms with Crippen LogP contribution >= 0.6 is 11.6 Å². The zero-order chi connectivity index (χ0) is 19.7. The van der Waals surface area contributed by atoms with Gasteiger partial charge in [-0.15, -0.1) is 0 Å². The Morgan fingerprint density at radius 1 is 1.15 bits per heavy atom. The number of anilines is 1. The summed E-state index contributed by atoms with van der Waals surface area (Å²) in [7, 11) is 0. The predicted molar refractivity (Wildman–Crippen MR) is 96.9 cm³/mol. The van der Waals surface area contributed by atoms with Crippen molar-refractivity contribution >= 4 is 29.2 Å². The second kappa shape index (κ2) is 7.13. The quantitative estimate of drug-likeness (QED) is 0.561. The molecule has 3 rings (SSSR count). The Balaban J connectivity index is 1.84. The highest BCUT2D eigenvalue weighted by molar-refractivity contribution is 6.31. The van der Waals surface area contributed by atoms with Crippen molar-refractivity contribution in [2.45, 2.75) is 6.92 Å². The van der Waals surface area contributed by atoms with Crippen LogP contribution in [0.5, 0.6) is 5.75 Å². The molecule has 1 amide bonds. The minimum absolute atomic E-state index is 0.0342. The van der Waals surface area contributed by atoms with Gasteiger partial charge in [0.15, 0.2) is 5.76 Å². The van der Waals surface area contributed by atoms with Crippen LogP contribution < -0.4 is 5.32 Å². The van der Waals surface area contributed by atoms with Gasteiger partial charge in [-0.3, -0.25) is 4.79 Å². The summed E-state index contributed by atoms with van der Waals surface area (Å²) in [6.45, 7) is 1.51. The van der Waals surface area contributed by atoms with E-state index < -0.39 is 17.7 Å². The maximum Gasteiger partial charge on any atom is 0.339 e. The van der Waals surface area contributed by atoms with Gasteiger partial charge in [0.1, 0.15) is 22.9 Å². The fraction of sp³-hybridized carbons (Fsp3) is 0.0526. The number of carbonyl (C=O) groups is 2. The van der Waals surface area contributed by atoms with Gasteiger partial charge in [0, 0.05) is 11.3 Å². The van der Waals surface area contributed by atoms with Gasteiger partial charge in [-0.2, -0.15) is 0 Å². The smallest absolute Gasteiger partial charge is 0.339 e. The number of hydrogen-bond acceptors (Lipinski definition) is 4. The molecule has 138 valence electrons. The van der Waals surface area contributed by atoms with Gasteiger partial charge >= 0.3 is 5.97 Å². The second-order valence-electron chi connectivity index (χ2n) is 5.74. The molecule has 3 aromatic rings. The largest absolute Gasteiger partial charge is 0.507 e.